The van der Waals surface area contributed by atoms with Gasteiger partial charge in [0.1, 0.15) is 11.9 Å². The molecule has 214 valence electrons. The number of para-hydroxylation sites is 2. The Morgan fingerprint density at radius 3 is 2.51 bits per heavy atom. The molecule has 2 atom stereocenters. The summed E-state index contributed by atoms with van der Waals surface area (Å²) in [6.07, 6.45) is 6.95. The van der Waals surface area contributed by atoms with Crippen LogP contribution in [0, 0.1) is 17.3 Å². The van der Waals surface area contributed by atoms with E-state index in [1.54, 1.807) is 0 Å². The number of carbonyl (C=O) groups is 3. The number of nitrogens with one attached hydrogen (secondary N) is 3. The number of piperidine rings is 1. The first kappa shape index (κ1) is 29.0. The smallest absolute Gasteiger partial charge is 0.245 e. The molecule has 2 aromatic rings. The van der Waals surface area contributed by atoms with Gasteiger partial charge in [0.15, 0.2) is 0 Å². The van der Waals surface area contributed by atoms with Crippen LogP contribution in [0.15, 0.2) is 24.3 Å². The van der Waals surface area contributed by atoms with Gasteiger partial charge in [0, 0.05) is 19.1 Å². The van der Waals surface area contributed by atoms with Gasteiger partial charge in [0.25, 0.3) is 0 Å². The van der Waals surface area contributed by atoms with Crippen molar-refractivity contribution in [2.75, 3.05) is 19.6 Å². The lowest BCUT2D eigenvalue weighted by molar-refractivity contribution is -0.156. The number of hydrogen-bond acceptors (Lipinski definition) is 6. The van der Waals surface area contributed by atoms with E-state index >= 15 is 0 Å². The van der Waals surface area contributed by atoms with E-state index in [1.165, 1.54) is 0 Å². The summed E-state index contributed by atoms with van der Waals surface area (Å²) >= 11 is 0. The molecule has 1 saturated carbocycles. The SMILES string of the molecule is CC(C)(C)[C@H](NC(=O)[C@H](CC1CCCC1)CN(O)C=O)C(=O)N1CCC(NCc2nc3ccccc3[nH]2)CC1. The highest BCUT2D eigenvalue weighted by atomic mass is 16.5. The Kier molecular flexibility index (Phi) is 9.61. The number of benzene rings is 1. The van der Waals surface area contributed by atoms with Crippen LogP contribution in [0.5, 0.6) is 0 Å². The molecule has 0 spiro atoms. The molecule has 1 aliphatic carbocycles. The van der Waals surface area contributed by atoms with Gasteiger partial charge < -0.3 is 20.5 Å². The van der Waals surface area contributed by atoms with Crippen molar-refractivity contribution in [1.29, 1.82) is 0 Å². The predicted molar refractivity (Wildman–Crippen MR) is 149 cm³/mol. The molecule has 3 amide bonds. The standard InChI is InChI=1S/C29H44N6O4/c1-29(2,3)26(33-27(37)21(18-35(39)19-36)16-20-8-4-5-9-20)28(38)34-14-12-22(13-15-34)30-17-25-31-23-10-6-7-11-24(23)32-25/h6-7,10-11,19-22,26,30,39H,4-5,8-9,12-18H2,1-3H3,(H,31,32)(H,33,37)/t21-,26-/m1/s1. The number of amides is 3. The first-order valence-corrected chi connectivity index (χ1v) is 14.3. The zero-order valence-electron chi connectivity index (χ0n) is 23.5. The van der Waals surface area contributed by atoms with Crippen molar-refractivity contribution in [2.24, 2.45) is 17.3 Å². The van der Waals surface area contributed by atoms with Crippen molar-refractivity contribution in [1.82, 2.24) is 30.6 Å². The highest BCUT2D eigenvalue weighted by Gasteiger charge is 2.38. The first-order chi connectivity index (χ1) is 18.6. The third-order valence-corrected chi connectivity index (χ3v) is 8.20. The number of H-pyrrole nitrogens is 1. The zero-order valence-corrected chi connectivity index (χ0v) is 23.5. The maximum absolute atomic E-state index is 13.7. The van der Waals surface area contributed by atoms with Crippen LogP contribution < -0.4 is 10.6 Å². The third kappa shape index (κ3) is 7.79. The lowest BCUT2D eigenvalue weighted by Crippen LogP contribution is -2.58. The summed E-state index contributed by atoms with van der Waals surface area (Å²) in [5, 5.41) is 17.0. The van der Waals surface area contributed by atoms with E-state index in [1.807, 2.05) is 49.9 Å². The lowest BCUT2D eigenvalue weighted by atomic mass is 9.84. The van der Waals surface area contributed by atoms with Crippen LogP contribution in [0.25, 0.3) is 11.0 Å². The molecule has 4 rings (SSSR count). The van der Waals surface area contributed by atoms with Crippen LogP contribution in [0.4, 0.5) is 0 Å². The van der Waals surface area contributed by atoms with Gasteiger partial charge in [-0.2, -0.15) is 0 Å². The number of imidazole rings is 1. The van der Waals surface area contributed by atoms with E-state index < -0.39 is 17.4 Å². The van der Waals surface area contributed by atoms with Gasteiger partial charge >= 0.3 is 0 Å². The Bertz CT molecular complexity index is 1080. The second-order valence-corrected chi connectivity index (χ2v) is 12.3. The van der Waals surface area contributed by atoms with Crippen LogP contribution in [0.1, 0.15) is 71.5 Å². The third-order valence-electron chi connectivity index (χ3n) is 8.20. The van der Waals surface area contributed by atoms with Gasteiger partial charge in [0.05, 0.1) is 30.0 Å². The molecule has 2 fully saturated rings. The molecule has 0 radical (unpaired) electrons. The molecular formula is C29H44N6O4. The number of hydroxylamine groups is 2. The normalized spacial score (nSPS) is 18.7. The Balaban J connectivity index is 1.32. The zero-order chi connectivity index (χ0) is 28.0. The average molecular weight is 541 g/mol. The van der Waals surface area contributed by atoms with Crippen molar-refractivity contribution < 1.29 is 19.6 Å². The number of aromatic amines is 1. The van der Waals surface area contributed by atoms with Gasteiger partial charge in [-0.15, -0.1) is 0 Å². The molecule has 0 unspecified atom stereocenters. The Hall–Kier alpha value is -2.98. The Labute approximate surface area is 230 Å². The van der Waals surface area contributed by atoms with Crippen LogP contribution in [0.3, 0.4) is 0 Å². The number of hydrogen-bond donors (Lipinski definition) is 4. The molecule has 10 nitrogen and oxygen atoms in total. The fourth-order valence-electron chi connectivity index (χ4n) is 5.91. The molecule has 1 aromatic heterocycles. The second-order valence-electron chi connectivity index (χ2n) is 12.3. The van der Waals surface area contributed by atoms with Crippen molar-refractivity contribution in [3.8, 4) is 0 Å². The average Bonchev–Trinajstić information content (AvgIpc) is 3.58. The fourth-order valence-corrected chi connectivity index (χ4v) is 5.91. The molecule has 4 N–H and O–H groups in total. The molecule has 10 heteroatoms. The molecule has 1 saturated heterocycles. The van der Waals surface area contributed by atoms with Crippen molar-refractivity contribution in [3.05, 3.63) is 30.1 Å². The highest BCUT2D eigenvalue weighted by molar-refractivity contribution is 5.89. The molecule has 1 aromatic carbocycles. The number of aromatic nitrogens is 2. The number of likely N-dealkylation sites (tertiary alicyclic amines) is 1. The van der Waals surface area contributed by atoms with E-state index in [0.717, 1.165) is 55.4 Å². The molecule has 2 aliphatic rings. The van der Waals surface area contributed by atoms with E-state index in [4.69, 9.17) is 0 Å². The van der Waals surface area contributed by atoms with Gasteiger partial charge in [-0.05, 0) is 42.7 Å². The monoisotopic (exact) mass is 540 g/mol. The fraction of sp³-hybridized carbons (Fsp3) is 0.655. The minimum Gasteiger partial charge on any atom is -0.344 e. The van der Waals surface area contributed by atoms with Crippen LogP contribution in [-0.2, 0) is 20.9 Å². The van der Waals surface area contributed by atoms with E-state index in [0.29, 0.717) is 43.4 Å². The molecular weight excluding hydrogens is 496 g/mol. The molecule has 1 aliphatic heterocycles. The summed E-state index contributed by atoms with van der Waals surface area (Å²) in [4.78, 5) is 48.0. The lowest BCUT2D eigenvalue weighted by Gasteiger charge is -2.39. The minimum absolute atomic E-state index is 0.0703. The number of nitrogens with zero attached hydrogens (tertiary/aromatic N) is 3. The number of carbonyl (C=O) groups excluding carboxylic acids is 3. The van der Waals surface area contributed by atoms with E-state index in [9.17, 15) is 19.6 Å². The van der Waals surface area contributed by atoms with Crippen LogP contribution >= 0.6 is 0 Å². The van der Waals surface area contributed by atoms with Crippen LogP contribution in [0.2, 0.25) is 0 Å². The van der Waals surface area contributed by atoms with Gasteiger partial charge in [-0.1, -0.05) is 58.6 Å². The van der Waals surface area contributed by atoms with Gasteiger partial charge in [0.2, 0.25) is 18.2 Å². The second kappa shape index (κ2) is 12.9. The first-order valence-electron chi connectivity index (χ1n) is 14.3. The summed E-state index contributed by atoms with van der Waals surface area (Å²) in [7, 11) is 0. The van der Waals surface area contributed by atoms with Crippen molar-refractivity contribution >= 4 is 29.3 Å². The largest absolute Gasteiger partial charge is 0.344 e. The topological polar surface area (TPSA) is 131 Å². The van der Waals surface area contributed by atoms with E-state index in [2.05, 4.69) is 20.6 Å². The quantitative estimate of drug-likeness (QED) is 0.197. The molecule has 2 heterocycles. The summed E-state index contributed by atoms with van der Waals surface area (Å²) in [5.74, 6) is 0.374. The predicted octanol–water partition coefficient (Wildman–Crippen LogP) is 3.22. The van der Waals surface area contributed by atoms with Crippen LogP contribution in [-0.4, -0.2) is 75.1 Å². The Morgan fingerprint density at radius 1 is 1.18 bits per heavy atom. The Morgan fingerprint density at radius 2 is 1.87 bits per heavy atom. The van der Waals surface area contributed by atoms with Crippen molar-refractivity contribution in [2.45, 2.75) is 84.3 Å². The summed E-state index contributed by atoms with van der Waals surface area (Å²) in [6.45, 7) is 7.65. The number of fused-ring (bicyclic) bond motifs is 1. The molecule has 39 heavy (non-hydrogen) atoms. The highest BCUT2D eigenvalue weighted by Crippen LogP contribution is 2.31. The maximum Gasteiger partial charge on any atom is 0.245 e. The summed E-state index contributed by atoms with van der Waals surface area (Å²) < 4.78 is 0. The van der Waals surface area contributed by atoms with Crippen molar-refractivity contribution in [3.63, 3.8) is 0 Å². The van der Waals surface area contributed by atoms with Gasteiger partial charge in [-0.25, -0.2) is 10.0 Å². The summed E-state index contributed by atoms with van der Waals surface area (Å²) in [5.41, 5.74) is 1.48. The maximum atomic E-state index is 13.7. The minimum atomic E-state index is -0.695. The van der Waals surface area contributed by atoms with Gasteiger partial charge in [-0.3, -0.25) is 19.6 Å². The summed E-state index contributed by atoms with van der Waals surface area (Å²) in [6, 6.07) is 7.55. The number of rotatable bonds is 11. The molecule has 0 bridgehead atoms. The van der Waals surface area contributed by atoms with E-state index in [-0.39, 0.29) is 24.4 Å².